The number of rotatable bonds is 6. The summed E-state index contributed by atoms with van der Waals surface area (Å²) in [5.74, 6) is -0.546. The second kappa shape index (κ2) is 9.09. The van der Waals surface area contributed by atoms with Crippen molar-refractivity contribution in [3.05, 3.63) is 65.2 Å². The molecule has 2 atom stereocenters. The van der Waals surface area contributed by atoms with Crippen molar-refractivity contribution in [2.45, 2.75) is 56.8 Å². The number of halogens is 3. The average Bonchev–Trinajstić information content (AvgIpc) is 2.59. The molecule has 158 valence electrons. The van der Waals surface area contributed by atoms with E-state index in [0.717, 1.165) is 17.7 Å². The Hall–Kier alpha value is -2.19. The molecule has 4 nitrogen and oxygen atoms in total. The normalized spacial score (nSPS) is 14.3. The number of ether oxygens (including phenoxy) is 1. The van der Waals surface area contributed by atoms with Gasteiger partial charge in [0.25, 0.3) is 0 Å². The van der Waals surface area contributed by atoms with E-state index in [4.69, 9.17) is 4.74 Å². The standard InChI is InChI=1S/C21H24F3NO3S/c1-14-5-11-17(12-6-14)29(27)25-18(13-19(26)28-20(2,3)4)15-7-9-16(10-8-15)21(22,23)24/h5-12,18,25H,13H2,1-4H3/t18-,29?/m1/s1. The van der Waals surface area contributed by atoms with E-state index in [2.05, 4.69) is 4.72 Å². The van der Waals surface area contributed by atoms with Crippen LogP contribution in [0, 0.1) is 6.92 Å². The van der Waals surface area contributed by atoms with Crippen LogP contribution in [0.1, 0.15) is 49.9 Å². The van der Waals surface area contributed by atoms with Gasteiger partial charge >= 0.3 is 12.1 Å². The second-order valence-corrected chi connectivity index (χ2v) is 8.91. The summed E-state index contributed by atoms with van der Waals surface area (Å²) >= 11 is 0. The molecule has 0 saturated heterocycles. The van der Waals surface area contributed by atoms with E-state index < -0.39 is 40.3 Å². The van der Waals surface area contributed by atoms with Crippen LogP contribution in [0.4, 0.5) is 13.2 Å². The number of esters is 1. The van der Waals surface area contributed by atoms with Gasteiger partial charge in [-0.05, 0) is 57.5 Å². The number of benzene rings is 2. The number of hydrogen-bond acceptors (Lipinski definition) is 3. The van der Waals surface area contributed by atoms with Crippen molar-refractivity contribution in [1.29, 1.82) is 0 Å². The zero-order chi connectivity index (χ0) is 21.8. The minimum absolute atomic E-state index is 0.180. The van der Waals surface area contributed by atoms with Gasteiger partial charge in [0, 0.05) is 0 Å². The third-order valence-corrected chi connectivity index (χ3v) is 5.11. The Morgan fingerprint density at radius 1 is 1.03 bits per heavy atom. The van der Waals surface area contributed by atoms with Gasteiger partial charge in [0.15, 0.2) is 0 Å². The number of carbonyl (C=O) groups is 1. The van der Waals surface area contributed by atoms with Crippen LogP contribution in [-0.4, -0.2) is 15.8 Å². The molecule has 0 amide bonds. The summed E-state index contributed by atoms with van der Waals surface area (Å²) in [5.41, 5.74) is -0.0993. The molecule has 0 aliphatic heterocycles. The van der Waals surface area contributed by atoms with Crippen molar-refractivity contribution in [2.75, 3.05) is 0 Å². The molecule has 0 spiro atoms. The first kappa shape index (κ1) is 23.1. The number of hydrogen-bond donors (Lipinski definition) is 1. The smallest absolute Gasteiger partial charge is 0.416 e. The zero-order valence-electron chi connectivity index (χ0n) is 16.7. The topological polar surface area (TPSA) is 55.4 Å². The molecular weight excluding hydrogens is 403 g/mol. The summed E-state index contributed by atoms with van der Waals surface area (Å²) in [6.45, 7) is 7.05. The molecule has 8 heteroatoms. The van der Waals surface area contributed by atoms with Crippen LogP contribution in [0.15, 0.2) is 53.4 Å². The van der Waals surface area contributed by atoms with E-state index in [1.165, 1.54) is 12.1 Å². The van der Waals surface area contributed by atoms with Crippen molar-refractivity contribution in [1.82, 2.24) is 4.72 Å². The Labute approximate surface area is 171 Å². The van der Waals surface area contributed by atoms with Gasteiger partial charge in [0.2, 0.25) is 0 Å². The largest absolute Gasteiger partial charge is 0.460 e. The SMILES string of the molecule is Cc1ccc(S(=O)N[C@H](CC(=O)OC(C)(C)C)c2ccc(C(F)(F)F)cc2)cc1. The Bertz CT molecular complexity index is 857. The van der Waals surface area contributed by atoms with Crippen LogP contribution in [-0.2, 0) is 26.7 Å². The third-order valence-electron chi connectivity index (χ3n) is 3.92. The molecule has 1 unspecified atom stereocenters. The second-order valence-electron chi connectivity index (χ2n) is 7.66. The van der Waals surface area contributed by atoms with Gasteiger partial charge in [0.05, 0.1) is 22.9 Å². The first-order valence-corrected chi connectivity index (χ1v) is 10.1. The molecule has 0 aliphatic rings. The highest BCUT2D eigenvalue weighted by atomic mass is 32.2. The molecule has 1 N–H and O–H groups in total. The highest BCUT2D eigenvalue weighted by Crippen LogP contribution is 2.30. The Balaban J connectivity index is 2.26. The first-order chi connectivity index (χ1) is 13.3. The quantitative estimate of drug-likeness (QED) is 0.653. The fraction of sp³-hybridized carbons (Fsp3) is 0.381. The Morgan fingerprint density at radius 2 is 1.59 bits per heavy atom. The maximum absolute atomic E-state index is 12.8. The lowest BCUT2D eigenvalue weighted by molar-refractivity contribution is -0.155. The van der Waals surface area contributed by atoms with Gasteiger partial charge in [-0.3, -0.25) is 4.79 Å². The van der Waals surface area contributed by atoms with E-state index in [-0.39, 0.29) is 6.42 Å². The molecule has 0 fully saturated rings. The third kappa shape index (κ3) is 7.29. The van der Waals surface area contributed by atoms with E-state index in [1.807, 2.05) is 6.92 Å². The summed E-state index contributed by atoms with van der Waals surface area (Å²) in [4.78, 5) is 12.8. The van der Waals surface area contributed by atoms with E-state index in [0.29, 0.717) is 10.5 Å². The minimum atomic E-state index is -4.46. The summed E-state index contributed by atoms with van der Waals surface area (Å²) in [5, 5.41) is 0. The van der Waals surface area contributed by atoms with Gasteiger partial charge < -0.3 is 4.74 Å². The van der Waals surface area contributed by atoms with E-state index >= 15 is 0 Å². The van der Waals surface area contributed by atoms with Crippen LogP contribution in [0.5, 0.6) is 0 Å². The number of aryl methyl sites for hydroxylation is 1. The molecular formula is C21H24F3NO3S. The zero-order valence-corrected chi connectivity index (χ0v) is 17.5. The molecule has 0 bridgehead atoms. The Kier molecular flexibility index (Phi) is 7.24. The van der Waals surface area contributed by atoms with Crippen molar-refractivity contribution < 1.29 is 26.9 Å². The van der Waals surface area contributed by atoms with Crippen molar-refractivity contribution in [3.63, 3.8) is 0 Å². The van der Waals surface area contributed by atoms with Crippen LogP contribution >= 0.6 is 0 Å². The molecule has 0 heterocycles. The summed E-state index contributed by atoms with van der Waals surface area (Å²) in [6.07, 6.45) is -4.64. The number of nitrogens with one attached hydrogen (secondary N) is 1. The van der Waals surface area contributed by atoms with Gasteiger partial charge in [-0.2, -0.15) is 13.2 Å². The predicted molar refractivity (Wildman–Crippen MR) is 105 cm³/mol. The van der Waals surface area contributed by atoms with Gasteiger partial charge in [-0.1, -0.05) is 29.8 Å². The van der Waals surface area contributed by atoms with Gasteiger partial charge in [0.1, 0.15) is 16.6 Å². The minimum Gasteiger partial charge on any atom is -0.460 e. The van der Waals surface area contributed by atoms with Crippen LogP contribution in [0.3, 0.4) is 0 Å². The first-order valence-electron chi connectivity index (χ1n) is 8.99. The average molecular weight is 427 g/mol. The molecule has 2 aromatic carbocycles. The van der Waals surface area contributed by atoms with Crippen molar-refractivity contribution >= 4 is 17.0 Å². The van der Waals surface area contributed by atoms with Crippen LogP contribution in [0.25, 0.3) is 0 Å². The maximum Gasteiger partial charge on any atom is 0.416 e. The molecule has 29 heavy (non-hydrogen) atoms. The number of alkyl halides is 3. The lowest BCUT2D eigenvalue weighted by Gasteiger charge is -2.23. The molecule has 2 aromatic rings. The van der Waals surface area contributed by atoms with Crippen molar-refractivity contribution in [2.24, 2.45) is 0 Å². The van der Waals surface area contributed by atoms with E-state index in [1.54, 1.807) is 45.0 Å². The number of carbonyl (C=O) groups excluding carboxylic acids is 1. The highest BCUT2D eigenvalue weighted by Gasteiger charge is 2.31. The summed E-state index contributed by atoms with van der Waals surface area (Å²) < 4.78 is 59.4. The maximum atomic E-state index is 12.8. The van der Waals surface area contributed by atoms with Gasteiger partial charge in [-0.25, -0.2) is 8.93 Å². The van der Waals surface area contributed by atoms with E-state index in [9.17, 15) is 22.2 Å². The summed E-state index contributed by atoms with van der Waals surface area (Å²) in [7, 11) is -1.66. The Morgan fingerprint density at radius 3 is 2.07 bits per heavy atom. The van der Waals surface area contributed by atoms with Crippen LogP contribution < -0.4 is 4.72 Å². The summed E-state index contributed by atoms with van der Waals surface area (Å²) in [6, 6.07) is 10.6. The lowest BCUT2D eigenvalue weighted by Crippen LogP contribution is -2.30. The molecule has 0 aromatic heterocycles. The fourth-order valence-corrected chi connectivity index (χ4v) is 3.54. The van der Waals surface area contributed by atoms with Gasteiger partial charge in [-0.15, -0.1) is 0 Å². The predicted octanol–water partition coefficient (Wildman–Crippen LogP) is 5.10. The highest BCUT2D eigenvalue weighted by molar-refractivity contribution is 7.83. The van der Waals surface area contributed by atoms with Crippen LogP contribution in [0.2, 0.25) is 0 Å². The lowest BCUT2D eigenvalue weighted by atomic mass is 10.0. The monoisotopic (exact) mass is 427 g/mol. The molecule has 0 radical (unpaired) electrons. The molecule has 0 aliphatic carbocycles. The van der Waals surface area contributed by atoms with Crippen molar-refractivity contribution in [3.8, 4) is 0 Å². The fourth-order valence-electron chi connectivity index (χ4n) is 2.54. The molecule has 0 saturated carbocycles. The molecule has 2 rings (SSSR count).